The Balaban J connectivity index is 1.44. The van der Waals surface area contributed by atoms with Gasteiger partial charge in [-0.3, -0.25) is 14.5 Å². The Hall–Kier alpha value is -3.25. The van der Waals surface area contributed by atoms with Crippen molar-refractivity contribution in [2.24, 2.45) is 0 Å². The lowest BCUT2D eigenvalue weighted by atomic mass is 10.1. The number of methoxy groups -OCH3 is 1. The molecular weight excluding hydrogens is 408 g/mol. The lowest BCUT2D eigenvalue weighted by molar-refractivity contribution is -0.115. The summed E-state index contributed by atoms with van der Waals surface area (Å²) in [6, 6.07) is 25.1. The molecule has 3 aromatic carbocycles. The zero-order chi connectivity index (χ0) is 21.6. The molecule has 1 atom stereocenters. The van der Waals surface area contributed by atoms with E-state index in [0.29, 0.717) is 23.6 Å². The van der Waals surface area contributed by atoms with Crippen LogP contribution in [0.1, 0.15) is 26.9 Å². The van der Waals surface area contributed by atoms with Gasteiger partial charge in [-0.05, 0) is 41.8 Å². The van der Waals surface area contributed by atoms with E-state index >= 15 is 0 Å². The van der Waals surface area contributed by atoms with E-state index in [2.05, 4.69) is 17.4 Å². The van der Waals surface area contributed by atoms with Gasteiger partial charge in [-0.1, -0.05) is 54.6 Å². The summed E-state index contributed by atoms with van der Waals surface area (Å²) in [5.41, 5.74) is 3.53. The number of carbonyl (C=O) groups is 2. The highest BCUT2D eigenvalue weighted by molar-refractivity contribution is 8.00. The van der Waals surface area contributed by atoms with Crippen LogP contribution >= 0.6 is 11.8 Å². The third-order valence-electron chi connectivity index (χ3n) is 5.21. The molecule has 3 aromatic rings. The average Bonchev–Trinajstić information content (AvgIpc) is 3.20. The minimum Gasteiger partial charge on any atom is -0.495 e. The number of rotatable bonds is 7. The predicted molar refractivity (Wildman–Crippen MR) is 125 cm³/mol. The van der Waals surface area contributed by atoms with Crippen LogP contribution in [0, 0.1) is 0 Å². The van der Waals surface area contributed by atoms with Gasteiger partial charge in [-0.25, -0.2) is 0 Å². The number of carbonyl (C=O) groups excluding carboxylic acids is 2. The molecule has 1 aliphatic heterocycles. The van der Waals surface area contributed by atoms with Gasteiger partial charge in [-0.2, -0.15) is 0 Å². The molecule has 0 saturated carbocycles. The first-order chi connectivity index (χ1) is 15.2. The van der Waals surface area contributed by atoms with Crippen molar-refractivity contribution in [3.63, 3.8) is 0 Å². The third kappa shape index (κ3) is 4.75. The van der Waals surface area contributed by atoms with Crippen molar-refractivity contribution in [1.82, 2.24) is 5.32 Å². The van der Waals surface area contributed by atoms with Crippen molar-refractivity contribution in [3.05, 3.63) is 95.6 Å². The SMILES string of the molecule is COc1ccccc1N1C(=O)CSC1c1ccc(C(=O)NCCc2ccccc2)cc1. The molecule has 1 N–H and O–H groups in total. The lowest BCUT2D eigenvalue weighted by Gasteiger charge is -2.26. The van der Waals surface area contributed by atoms with E-state index in [1.165, 1.54) is 5.56 Å². The number of anilines is 1. The molecule has 1 saturated heterocycles. The Labute approximate surface area is 186 Å². The number of nitrogens with zero attached hydrogens (tertiary/aromatic N) is 1. The second-order valence-corrected chi connectivity index (χ2v) is 8.28. The van der Waals surface area contributed by atoms with Crippen molar-refractivity contribution < 1.29 is 14.3 Å². The van der Waals surface area contributed by atoms with E-state index < -0.39 is 0 Å². The van der Waals surface area contributed by atoms with Crippen LogP contribution in [0.3, 0.4) is 0 Å². The second-order valence-electron chi connectivity index (χ2n) is 7.21. The summed E-state index contributed by atoms with van der Waals surface area (Å²) in [5.74, 6) is 1.02. The highest BCUT2D eigenvalue weighted by Gasteiger charge is 2.35. The molecule has 0 spiro atoms. The van der Waals surface area contributed by atoms with Crippen LogP contribution in [0.4, 0.5) is 5.69 Å². The molecule has 0 radical (unpaired) electrons. The van der Waals surface area contributed by atoms with E-state index in [0.717, 1.165) is 17.7 Å². The number of hydrogen-bond acceptors (Lipinski definition) is 4. The van der Waals surface area contributed by atoms with Gasteiger partial charge in [0.2, 0.25) is 5.91 Å². The maximum absolute atomic E-state index is 12.6. The first-order valence-corrected chi connectivity index (χ1v) is 11.2. The topological polar surface area (TPSA) is 58.6 Å². The first kappa shape index (κ1) is 21.0. The van der Waals surface area contributed by atoms with Gasteiger partial charge in [0.1, 0.15) is 11.1 Å². The normalized spacial score (nSPS) is 15.7. The number of amides is 2. The Morgan fingerprint density at radius 2 is 1.74 bits per heavy atom. The first-order valence-electron chi connectivity index (χ1n) is 10.2. The Bertz CT molecular complexity index is 1050. The zero-order valence-corrected chi connectivity index (χ0v) is 18.1. The predicted octanol–water partition coefficient (Wildman–Crippen LogP) is 4.45. The Kier molecular flexibility index (Phi) is 6.57. The molecule has 1 heterocycles. The Morgan fingerprint density at radius 1 is 1.03 bits per heavy atom. The fourth-order valence-corrected chi connectivity index (χ4v) is 4.80. The van der Waals surface area contributed by atoms with Crippen LogP contribution < -0.4 is 15.0 Å². The smallest absolute Gasteiger partial charge is 0.251 e. The highest BCUT2D eigenvalue weighted by atomic mass is 32.2. The summed E-state index contributed by atoms with van der Waals surface area (Å²) < 4.78 is 5.45. The van der Waals surface area contributed by atoms with E-state index in [4.69, 9.17) is 4.74 Å². The molecule has 0 aliphatic carbocycles. The largest absolute Gasteiger partial charge is 0.495 e. The van der Waals surface area contributed by atoms with Crippen LogP contribution in [-0.2, 0) is 11.2 Å². The number of benzene rings is 3. The number of hydrogen-bond donors (Lipinski definition) is 1. The van der Waals surface area contributed by atoms with Crippen LogP contribution in [0.25, 0.3) is 0 Å². The molecule has 0 bridgehead atoms. The summed E-state index contributed by atoms with van der Waals surface area (Å²) >= 11 is 1.57. The molecule has 0 aromatic heterocycles. The molecule has 31 heavy (non-hydrogen) atoms. The maximum Gasteiger partial charge on any atom is 0.251 e. The Morgan fingerprint density at radius 3 is 2.48 bits per heavy atom. The monoisotopic (exact) mass is 432 g/mol. The van der Waals surface area contributed by atoms with Crippen LogP contribution in [0.15, 0.2) is 78.9 Å². The van der Waals surface area contributed by atoms with Crippen molar-refractivity contribution >= 4 is 29.3 Å². The summed E-state index contributed by atoms with van der Waals surface area (Å²) in [6.45, 7) is 0.582. The molecule has 1 fully saturated rings. The zero-order valence-electron chi connectivity index (χ0n) is 17.3. The second kappa shape index (κ2) is 9.71. The number of para-hydroxylation sites is 2. The van der Waals surface area contributed by atoms with Gasteiger partial charge in [0, 0.05) is 12.1 Å². The molecule has 2 amide bonds. The van der Waals surface area contributed by atoms with Crippen molar-refractivity contribution in [3.8, 4) is 5.75 Å². The summed E-state index contributed by atoms with van der Waals surface area (Å²) in [5, 5.41) is 2.81. The van der Waals surface area contributed by atoms with E-state index in [1.54, 1.807) is 23.8 Å². The summed E-state index contributed by atoms with van der Waals surface area (Å²) in [6.07, 6.45) is 0.791. The lowest BCUT2D eigenvalue weighted by Crippen LogP contribution is -2.28. The maximum atomic E-state index is 12.6. The number of thioether (sulfide) groups is 1. The number of ether oxygens (including phenoxy) is 1. The molecule has 1 unspecified atom stereocenters. The van der Waals surface area contributed by atoms with Crippen LogP contribution in [0.2, 0.25) is 0 Å². The fraction of sp³-hybridized carbons (Fsp3) is 0.200. The minimum atomic E-state index is -0.154. The third-order valence-corrected chi connectivity index (χ3v) is 6.43. The van der Waals surface area contributed by atoms with Gasteiger partial charge in [0.25, 0.3) is 5.91 Å². The highest BCUT2D eigenvalue weighted by Crippen LogP contribution is 2.44. The molecule has 4 rings (SSSR count). The van der Waals surface area contributed by atoms with Crippen molar-refractivity contribution in [2.75, 3.05) is 24.3 Å². The van der Waals surface area contributed by atoms with Gasteiger partial charge in [-0.15, -0.1) is 11.8 Å². The molecule has 6 heteroatoms. The van der Waals surface area contributed by atoms with Gasteiger partial charge in [0.15, 0.2) is 0 Å². The molecule has 5 nitrogen and oxygen atoms in total. The van der Waals surface area contributed by atoms with Gasteiger partial charge in [0.05, 0.1) is 18.6 Å². The molecule has 158 valence electrons. The van der Waals surface area contributed by atoms with Gasteiger partial charge < -0.3 is 10.1 Å². The average molecular weight is 433 g/mol. The molecular formula is C25H24N2O3S. The van der Waals surface area contributed by atoms with Crippen molar-refractivity contribution in [2.45, 2.75) is 11.8 Å². The quantitative estimate of drug-likeness (QED) is 0.599. The van der Waals surface area contributed by atoms with E-state index in [9.17, 15) is 9.59 Å². The minimum absolute atomic E-state index is 0.0437. The summed E-state index contributed by atoms with van der Waals surface area (Å²) in [7, 11) is 1.60. The molecule has 1 aliphatic rings. The standard InChI is InChI=1S/C25H24N2O3S/c1-30-22-10-6-5-9-21(22)27-23(28)17-31-25(27)20-13-11-19(12-14-20)24(29)26-16-15-18-7-3-2-4-8-18/h2-14,25H,15-17H2,1H3,(H,26,29). The van der Waals surface area contributed by atoms with Crippen molar-refractivity contribution in [1.29, 1.82) is 0 Å². The van der Waals surface area contributed by atoms with E-state index in [-0.39, 0.29) is 17.2 Å². The number of nitrogens with one attached hydrogen (secondary N) is 1. The van der Waals surface area contributed by atoms with E-state index in [1.807, 2.05) is 66.7 Å². The fourth-order valence-electron chi connectivity index (χ4n) is 3.63. The summed E-state index contributed by atoms with van der Waals surface area (Å²) in [4.78, 5) is 26.9. The van der Waals surface area contributed by atoms with Crippen LogP contribution in [-0.4, -0.2) is 31.2 Å². The van der Waals surface area contributed by atoms with Gasteiger partial charge >= 0.3 is 0 Å². The van der Waals surface area contributed by atoms with Crippen LogP contribution in [0.5, 0.6) is 5.75 Å².